The molecule has 30 heavy (non-hydrogen) atoms. The number of carbonyl (C=O) groups excluding carboxylic acids is 2. The van der Waals surface area contributed by atoms with Crippen molar-refractivity contribution in [1.82, 2.24) is 0 Å². The fourth-order valence-corrected chi connectivity index (χ4v) is 3.25. The molecule has 0 aromatic heterocycles. The zero-order valence-electron chi connectivity index (χ0n) is 16.0. The Morgan fingerprint density at radius 2 is 1.80 bits per heavy atom. The average molecular weight is 453 g/mol. The molecule has 1 aromatic carbocycles. The minimum absolute atomic E-state index is 0.269. The van der Waals surface area contributed by atoms with Gasteiger partial charge >= 0.3 is 18.1 Å². The van der Waals surface area contributed by atoms with Gasteiger partial charge in [0, 0.05) is 0 Å². The summed E-state index contributed by atoms with van der Waals surface area (Å²) in [6, 6.07) is 2.50. The first-order valence-electron chi connectivity index (χ1n) is 8.96. The summed E-state index contributed by atoms with van der Waals surface area (Å²) in [5, 5.41) is 0. The lowest BCUT2D eigenvalue weighted by atomic mass is 10.0. The summed E-state index contributed by atoms with van der Waals surface area (Å²) in [4.78, 5) is 23.5. The number of halogens is 3. The first kappa shape index (κ1) is 23.9. The van der Waals surface area contributed by atoms with Crippen LogP contribution in [0.1, 0.15) is 48.5 Å². The summed E-state index contributed by atoms with van der Waals surface area (Å²) >= 11 is 0. The van der Waals surface area contributed by atoms with Crippen molar-refractivity contribution in [2.24, 2.45) is 0 Å². The molecule has 8 nitrogen and oxygen atoms in total. The quantitative estimate of drug-likeness (QED) is 0.435. The van der Waals surface area contributed by atoms with Crippen molar-refractivity contribution < 1.29 is 49.9 Å². The molecule has 12 heteroatoms. The third-order valence-electron chi connectivity index (χ3n) is 4.46. The molecular weight excluding hydrogens is 433 g/mol. The predicted molar refractivity (Wildman–Crippen MR) is 94.8 cm³/mol. The summed E-state index contributed by atoms with van der Waals surface area (Å²) in [5.41, 5.74) is -2.09. The number of benzene rings is 1. The maximum absolute atomic E-state index is 13.3. The number of carbonyl (C=O) groups is 2. The van der Waals surface area contributed by atoms with Crippen molar-refractivity contribution in [3.05, 3.63) is 29.3 Å². The molecule has 0 N–H and O–H groups in total. The summed E-state index contributed by atoms with van der Waals surface area (Å²) in [5.74, 6) is -3.66. The van der Waals surface area contributed by atoms with Crippen molar-refractivity contribution >= 4 is 22.1 Å². The van der Waals surface area contributed by atoms with Gasteiger partial charge in [0.2, 0.25) is 0 Å². The highest BCUT2D eigenvalue weighted by Gasteiger charge is 2.38. The van der Waals surface area contributed by atoms with Crippen molar-refractivity contribution in [2.75, 3.05) is 19.0 Å². The highest BCUT2D eigenvalue weighted by atomic mass is 32.2. The molecule has 0 amide bonds. The fourth-order valence-electron chi connectivity index (χ4n) is 2.97. The van der Waals surface area contributed by atoms with Crippen molar-refractivity contribution in [3.8, 4) is 5.75 Å². The van der Waals surface area contributed by atoms with Crippen molar-refractivity contribution in [1.29, 1.82) is 0 Å². The van der Waals surface area contributed by atoms with E-state index in [0.29, 0.717) is 18.9 Å². The van der Waals surface area contributed by atoms with Crippen LogP contribution in [0.4, 0.5) is 13.2 Å². The molecule has 0 radical (unpaired) electrons. The van der Waals surface area contributed by atoms with Crippen LogP contribution in [0.3, 0.4) is 0 Å². The van der Waals surface area contributed by atoms with Gasteiger partial charge in [-0.25, -0.2) is 18.0 Å². The number of alkyl halides is 3. The molecule has 0 unspecified atom stereocenters. The number of ether oxygens (including phenoxy) is 3. The highest BCUT2D eigenvalue weighted by molar-refractivity contribution is 7.85. The van der Waals surface area contributed by atoms with Crippen LogP contribution in [0.2, 0.25) is 0 Å². The lowest BCUT2D eigenvalue weighted by Crippen LogP contribution is -2.29. The second-order valence-corrected chi connectivity index (χ2v) is 8.55. The van der Waals surface area contributed by atoms with Crippen molar-refractivity contribution in [3.63, 3.8) is 0 Å². The summed E-state index contributed by atoms with van der Waals surface area (Å²) in [6.45, 7) is 0.0784. The zero-order chi connectivity index (χ0) is 22.6. The number of rotatable bonds is 8. The first-order chi connectivity index (χ1) is 13.8. The van der Waals surface area contributed by atoms with E-state index in [1.165, 1.54) is 0 Å². The molecule has 0 saturated heterocycles. The van der Waals surface area contributed by atoms with E-state index in [1.807, 2.05) is 0 Å². The largest absolute Gasteiger partial charge is 0.748 e. The minimum atomic E-state index is -4.70. The topological polar surface area (TPSA) is 119 Å². The van der Waals surface area contributed by atoms with Crippen LogP contribution in [0.15, 0.2) is 18.2 Å². The average Bonchev–Trinajstić information content (AvgIpc) is 3.03. The molecule has 1 aliphatic carbocycles. The normalized spacial score (nSPS) is 16.2. The van der Waals surface area contributed by atoms with Crippen molar-refractivity contribution in [2.45, 2.75) is 44.4 Å². The van der Waals surface area contributed by atoms with E-state index in [0.717, 1.165) is 25.0 Å². The monoisotopic (exact) mass is 453 g/mol. The predicted octanol–water partition coefficient (Wildman–Crippen LogP) is 2.66. The molecule has 1 aromatic rings. The van der Waals surface area contributed by atoms with Gasteiger partial charge in [-0.3, -0.25) is 0 Å². The van der Waals surface area contributed by atoms with E-state index in [1.54, 1.807) is 6.92 Å². The molecule has 0 heterocycles. The van der Waals surface area contributed by atoms with Crippen LogP contribution in [0.25, 0.3) is 0 Å². The molecule has 0 atom stereocenters. The van der Waals surface area contributed by atoms with Crippen LogP contribution in [0.5, 0.6) is 5.75 Å². The van der Waals surface area contributed by atoms with E-state index in [2.05, 4.69) is 9.47 Å². The van der Waals surface area contributed by atoms with Crippen LogP contribution in [-0.4, -0.2) is 49.5 Å². The zero-order valence-corrected chi connectivity index (χ0v) is 16.8. The van der Waals surface area contributed by atoms with Crippen LogP contribution in [-0.2, 0) is 30.6 Å². The Labute approximate surface area is 171 Å². The Hall–Kier alpha value is -2.34. The van der Waals surface area contributed by atoms with Gasteiger partial charge in [0.05, 0.1) is 27.0 Å². The standard InChI is InChI=1S/C18H21F3O8S/c1-17(6-2-3-7-17)29-14-10-12(4-5-13(14)18(19,20)21)16(23)28-11-15(22)27-8-9-30(24,25)26/h4-5,10H,2-3,6-9,11H2,1H3,(H,24,25,26)/p-1. The van der Waals surface area contributed by atoms with Crippen LogP contribution in [0, 0.1) is 0 Å². The van der Waals surface area contributed by atoms with E-state index >= 15 is 0 Å². The van der Waals surface area contributed by atoms with Crippen LogP contribution >= 0.6 is 0 Å². The molecule has 2 rings (SSSR count). The maximum Gasteiger partial charge on any atom is 0.419 e. The minimum Gasteiger partial charge on any atom is -0.748 e. The lowest BCUT2D eigenvalue weighted by molar-refractivity contribution is -0.146. The number of hydrogen-bond acceptors (Lipinski definition) is 8. The Bertz CT molecular complexity index is 889. The Kier molecular flexibility index (Phi) is 7.35. The number of hydrogen-bond donors (Lipinski definition) is 0. The maximum atomic E-state index is 13.3. The van der Waals surface area contributed by atoms with Gasteiger partial charge in [-0.05, 0) is 50.8 Å². The Balaban J connectivity index is 2.06. The van der Waals surface area contributed by atoms with Gasteiger partial charge in [-0.1, -0.05) is 0 Å². The van der Waals surface area contributed by atoms with E-state index in [-0.39, 0.29) is 5.56 Å². The van der Waals surface area contributed by atoms with Gasteiger partial charge in [0.15, 0.2) is 6.61 Å². The van der Waals surface area contributed by atoms with Gasteiger partial charge in [0.1, 0.15) is 18.0 Å². The van der Waals surface area contributed by atoms with E-state index < -0.39 is 64.1 Å². The SMILES string of the molecule is CC1(Oc2cc(C(=O)OCC(=O)OCCS(=O)(=O)[O-])ccc2C(F)(F)F)CCCC1. The van der Waals surface area contributed by atoms with E-state index in [4.69, 9.17) is 4.74 Å². The van der Waals surface area contributed by atoms with Gasteiger partial charge in [-0.15, -0.1) is 0 Å². The Morgan fingerprint density at radius 1 is 1.17 bits per heavy atom. The number of esters is 2. The highest BCUT2D eigenvalue weighted by Crippen LogP contribution is 2.41. The smallest absolute Gasteiger partial charge is 0.419 e. The van der Waals surface area contributed by atoms with Gasteiger partial charge < -0.3 is 18.8 Å². The summed E-state index contributed by atoms with van der Waals surface area (Å²) < 4.78 is 85.9. The van der Waals surface area contributed by atoms with Gasteiger partial charge in [-0.2, -0.15) is 13.2 Å². The molecular formula is C18H20F3O8S-. The molecule has 0 spiro atoms. The van der Waals surface area contributed by atoms with E-state index in [9.17, 15) is 35.7 Å². The summed E-state index contributed by atoms with van der Waals surface area (Å²) in [6.07, 6.45) is -1.92. The molecule has 0 bridgehead atoms. The third kappa shape index (κ3) is 7.17. The van der Waals surface area contributed by atoms with Crippen LogP contribution < -0.4 is 4.74 Å². The first-order valence-corrected chi connectivity index (χ1v) is 10.5. The second kappa shape index (κ2) is 9.21. The third-order valence-corrected chi connectivity index (χ3v) is 5.12. The molecule has 1 fully saturated rings. The Morgan fingerprint density at radius 3 is 2.37 bits per heavy atom. The fraction of sp³-hybridized carbons (Fsp3) is 0.556. The molecule has 0 aliphatic heterocycles. The van der Waals surface area contributed by atoms with Gasteiger partial charge in [0.25, 0.3) is 0 Å². The molecule has 1 saturated carbocycles. The lowest BCUT2D eigenvalue weighted by Gasteiger charge is -2.27. The second-order valence-electron chi connectivity index (χ2n) is 7.03. The molecule has 1 aliphatic rings. The molecule has 168 valence electrons. The summed E-state index contributed by atoms with van der Waals surface area (Å²) in [7, 11) is -4.57.